The summed E-state index contributed by atoms with van der Waals surface area (Å²) in [7, 11) is 0. The number of aldehydes is 1. The zero-order valence-corrected chi connectivity index (χ0v) is 13.3. The van der Waals surface area contributed by atoms with E-state index in [2.05, 4.69) is 15.9 Å². The summed E-state index contributed by atoms with van der Waals surface area (Å²) in [6.07, 6.45) is 1.52. The molecule has 0 N–H and O–H groups in total. The summed E-state index contributed by atoms with van der Waals surface area (Å²) < 4.78 is 19.5. The van der Waals surface area contributed by atoms with Gasteiger partial charge in [-0.25, -0.2) is 4.39 Å². The van der Waals surface area contributed by atoms with Crippen molar-refractivity contribution in [3.05, 3.63) is 71.2 Å². The van der Waals surface area contributed by atoms with Crippen LogP contribution in [0.4, 0.5) is 4.39 Å². The van der Waals surface area contributed by atoms with E-state index in [1.807, 2.05) is 30.3 Å². The summed E-state index contributed by atoms with van der Waals surface area (Å²) in [5.41, 5.74) is 2.31. The van der Waals surface area contributed by atoms with Gasteiger partial charge in [0.2, 0.25) is 0 Å². The highest BCUT2D eigenvalue weighted by Crippen LogP contribution is 2.43. The second-order valence-corrected chi connectivity index (χ2v) is 5.83. The minimum absolute atomic E-state index is 0.370. The number of allylic oxidation sites excluding steroid dienone is 2. The molecule has 0 bridgehead atoms. The molecular formula is C18H14BrFO2. The number of benzene rings is 2. The van der Waals surface area contributed by atoms with Gasteiger partial charge in [-0.2, -0.15) is 0 Å². The van der Waals surface area contributed by atoms with Gasteiger partial charge in [-0.15, -0.1) is 0 Å². The quantitative estimate of drug-likeness (QED) is 0.583. The SMILES string of the molecule is O=CC1C(c2ccccc2)=C(CCBr)Oc2ccc(F)cc21. The first-order valence-corrected chi connectivity index (χ1v) is 8.13. The van der Waals surface area contributed by atoms with Gasteiger partial charge in [0.25, 0.3) is 0 Å². The third kappa shape index (κ3) is 2.71. The molecule has 0 saturated heterocycles. The van der Waals surface area contributed by atoms with E-state index in [9.17, 15) is 9.18 Å². The lowest BCUT2D eigenvalue weighted by Crippen LogP contribution is -2.17. The first-order valence-electron chi connectivity index (χ1n) is 7.01. The van der Waals surface area contributed by atoms with E-state index in [-0.39, 0.29) is 5.82 Å². The fraction of sp³-hybridized carbons (Fsp3) is 0.167. The molecular weight excluding hydrogens is 347 g/mol. The number of carbonyl (C=O) groups is 1. The summed E-state index contributed by atoms with van der Waals surface area (Å²) in [4.78, 5) is 11.7. The van der Waals surface area contributed by atoms with Crippen molar-refractivity contribution in [3.8, 4) is 5.75 Å². The van der Waals surface area contributed by atoms with Gasteiger partial charge in [-0.3, -0.25) is 0 Å². The molecule has 1 aliphatic rings. The molecule has 4 heteroatoms. The van der Waals surface area contributed by atoms with Crippen LogP contribution in [0, 0.1) is 5.82 Å². The summed E-state index contributed by atoms with van der Waals surface area (Å²) in [5, 5.41) is 0.723. The molecule has 2 aromatic carbocycles. The molecule has 0 saturated carbocycles. The number of alkyl halides is 1. The van der Waals surface area contributed by atoms with Crippen molar-refractivity contribution in [2.75, 3.05) is 5.33 Å². The van der Waals surface area contributed by atoms with E-state index in [4.69, 9.17) is 4.74 Å². The van der Waals surface area contributed by atoms with E-state index in [1.165, 1.54) is 12.1 Å². The Morgan fingerprint density at radius 3 is 2.64 bits per heavy atom. The fourth-order valence-corrected chi connectivity index (χ4v) is 3.10. The highest BCUT2D eigenvalue weighted by atomic mass is 79.9. The second-order valence-electron chi connectivity index (χ2n) is 5.04. The largest absolute Gasteiger partial charge is 0.461 e. The van der Waals surface area contributed by atoms with Crippen LogP contribution in [0.15, 0.2) is 54.3 Å². The molecule has 0 spiro atoms. The topological polar surface area (TPSA) is 26.3 Å². The zero-order valence-electron chi connectivity index (χ0n) is 11.8. The van der Waals surface area contributed by atoms with Gasteiger partial charge >= 0.3 is 0 Å². The van der Waals surface area contributed by atoms with Crippen molar-refractivity contribution in [2.24, 2.45) is 0 Å². The molecule has 1 heterocycles. The number of ether oxygens (including phenoxy) is 1. The van der Waals surface area contributed by atoms with Gasteiger partial charge in [0.05, 0.1) is 5.92 Å². The Hall–Kier alpha value is -1.94. The maximum absolute atomic E-state index is 13.6. The smallest absolute Gasteiger partial charge is 0.132 e. The van der Waals surface area contributed by atoms with Crippen molar-refractivity contribution in [3.63, 3.8) is 0 Å². The monoisotopic (exact) mass is 360 g/mol. The standard InChI is InChI=1S/C18H14BrFO2/c19-9-8-17-18(12-4-2-1-3-5-12)15(11-21)14-10-13(20)6-7-16(14)22-17/h1-7,10-11,15H,8-9H2. The van der Waals surface area contributed by atoms with E-state index >= 15 is 0 Å². The molecule has 2 aromatic rings. The van der Waals surface area contributed by atoms with Crippen molar-refractivity contribution >= 4 is 27.8 Å². The molecule has 0 aliphatic carbocycles. The fourth-order valence-electron chi connectivity index (χ4n) is 2.74. The van der Waals surface area contributed by atoms with Crippen LogP contribution in [0.5, 0.6) is 5.75 Å². The molecule has 1 aliphatic heterocycles. The van der Waals surface area contributed by atoms with E-state index < -0.39 is 5.92 Å². The van der Waals surface area contributed by atoms with Gasteiger partial charge in [0.1, 0.15) is 23.6 Å². The van der Waals surface area contributed by atoms with Crippen molar-refractivity contribution in [2.45, 2.75) is 12.3 Å². The van der Waals surface area contributed by atoms with Gasteiger partial charge in [0, 0.05) is 22.9 Å². The number of rotatable bonds is 4. The van der Waals surface area contributed by atoms with Gasteiger partial charge in [-0.05, 0) is 23.8 Å². The number of hydrogen-bond donors (Lipinski definition) is 0. The Bertz CT molecular complexity index is 725. The minimum Gasteiger partial charge on any atom is -0.461 e. The average Bonchev–Trinajstić information content (AvgIpc) is 2.55. The van der Waals surface area contributed by atoms with Crippen molar-refractivity contribution < 1.29 is 13.9 Å². The van der Waals surface area contributed by atoms with Crippen LogP contribution in [0.25, 0.3) is 5.57 Å². The van der Waals surface area contributed by atoms with Crippen LogP contribution in [0.2, 0.25) is 0 Å². The molecule has 2 nitrogen and oxygen atoms in total. The molecule has 0 fully saturated rings. The highest BCUT2D eigenvalue weighted by molar-refractivity contribution is 9.09. The normalized spacial score (nSPS) is 16.9. The number of fused-ring (bicyclic) bond motifs is 1. The Morgan fingerprint density at radius 1 is 1.18 bits per heavy atom. The lowest BCUT2D eigenvalue weighted by atomic mass is 9.84. The van der Waals surface area contributed by atoms with Crippen LogP contribution >= 0.6 is 15.9 Å². The molecule has 112 valence electrons. The van der Waals surface area contributed by atoms with Gasteiger partial charge < -0.3 is 9.53 Å². The van der Waals surface area contributed by atoms with Crippen LogP contribution in [-0.4, -0.2) is 11.6 Å². The third-order valence-corrected chi connectivity index (χ3v) is 4.09. The molecule has 3 rings (SSSR count). The molecule has 0 radical (unpaired) electrons. The van der Waals surface area contributed by atoms with Crippen LogP contribution in [0.1, 0.15) is 23.5 Å². The maximum atomic E-state index is 13.6. The number of hydrogen-bond acceptors (Lipinski definition) is 2. The molecule has 0 aromatic heterocycles. The molecule has 22 heavy (non-hydrogen) atoms. The lowest BCUT2D eigenvalue weighted by molar-refractivity contribution is -0.108. The van der Waals surface area contributed by atoms with Crippen LogP contribution < -0.4 is 4.74 Å². The predicted molar refractivity (Wildman–Crippen MR) is 87.6 cm³/mol. The summed E-state index contributed by atoms with van der Waals surface area (Å²) in [6.45, 7) is 0. The summed E-state index contributed by atoms with van der Waals surface area (Å²) >= 11 is 3.42. The van der Waals surface area contributed by atoms with E-state index in [0.29, 0.717) is 17.7 Å². The second kappa shape index (κ2) is 6.44. The van der Waals surface area contributed by atoms with Gasteiger partial charge in [-0.1, -0.05) is 46.3 Å². The Balaban J connectivity index is 2.19. The molecule has 0 amide bonds. The first-order chi connectivity index (χ1) is 10.7. The maximum Gasteiger partial charge on any atom is 0.132 e. The Morgan fingerprint density at radius 2 is 1.95 bits per heavy atom. The van der Waals surface area contributed by atoms with E-state index in [0.717, 1.165) is 28.5 Å². The lowest BCUT2D eigenvalue weighted by Gasteiger charge is -2.28. The molecule has 1 atom stereocenters. The van der Waals surface area contributed by atoms with Gasteiger partial charge in [0.15, 0.2) is 0 Å². The zero-order chi connectivity index (χ0) is 15.5. The summed E-state index contributed by atoms with van der Waals surface area (Å²) in [6, 6.07) is 13.9. The minimum atomic E-state index is -0.518. The average molecular weight is 361 g/mol. The van der Waals surface area contributed by atoms with E-state index in [1.54, 1.807) is 6.07 Å². The highest BCUT2D eigenvalue weighted by Gasteiger charge is 2.30. The molecule has 1 unspecified atom stereocenters. The van der Waals surface area contributed by atoms with Crippen LogP contribution in [-0.2, 0) is 4.79 Å². The first kappa shape index (κ1) is 15.0. The van der Waals surface area contributed by atoms with Crippen molar-refractivity contribution in [1.29, 1.82) is 0 Å². The summed E-state index contributed by atoms with van der Waals surface area (Å²) in [5.74, 6) is 0.412. The Kier molecular flexibility index (Phi) is 4.39. The third-order valence-electron chi connectivity index (χ3n) is 3.69. The van der Waals surface area contributed by atoms with Crippen molar-refractivity contribution in [1.82, 2.24) is 0 Å². The predicted octanol–water partition coefficient (Wildman–Crippen LogP) is 4.70. The number of halogens is 2. The van der Waals surface area contributed by atoms with Crippen LogP contribution in [0.3, 0.4) is 0 Å². The number of carbonyl (C=O) groups excluding carboxylic acids is 1. The Labute approximate surface area is 136 Å².